The van der Waals surface area contributed by atoms with Gasteiger partial charge in [0.1, 0.15) is 138 Å². The Morgan fingerprint density at radius 3 is 0.603 bits per heavy atom. The Morgan fingerprint density at radius 1 is 0.190 bits per heavy atom. The van der Waals surface area contributed by atoms with Crippen LogP contribution in [-0.4, -0.2) is 123 Å². The topological polar surface area (TPSA) is 486 Å². The predicted molar refractivity (Wildman–Crippen MR) is 468 cm³/mol. The predicted octanol–water partition coefficient (Wildman–Crippen LogP) is 20.2. The van der Waals surface area contributed by atoms with Crippen LogP contribution < -0.4 is 0 Å². The summed E-state index contributed by atoms with van der Waals surface area (Å²) in [6.45, 7) is 5.39. The molecule has 12 aromatic rings. The minimum absolute atomic E-state index is 0.00187. The second-order valence-corrected chi connectivity index (χ2v) is 34.8. The van der Waals surface area contributed by atoms with Gasteiger partial charge in [-0.15, -0.1) is 0 Å². The molecule has 654 valence electrons. The number of benzene rings is 12. The molecule has 10 unspecified atom stereocenters. The summed E-state index contributed by atoms with van der Waals surface area (Å²) in [4.78, 5) is 0. The van der Waals surface area contributed by atoms with E-state index in [0.29, 0.717) is 24.0 Å². The molecule has 4 aliphatic rings. The summed E-state index contributed by atoms with van der Waals surface area (Å²) < 4.78 is 0. The van der Waals surface area contributed by atoms with Gasteiger partial charge in [-0.05, 0) is 161 Å². The van der Waals surface area contributed by atoms with Crippen LogP contribution in [0.3, 0.4) is 0 Å². The van der Waals surface area contributed by atoms with E-state index in [0.717, 1.165) is 60.7 Å². The summed E-state index contributed by atoms with van der Waals surface area (Å²) in [7, 11) is 0. The lowest BCUT2D eigenvalue weighted by Crippen LogP contribution is -2.14. The first-order valence-corrected chi connectivity index (χ1v) is 42.8. The number of aromatic hydroxyl groups is 24. The van der Waals surface area contributed by atoms with E-state index >= 15 is 0 Å². The van der Waals surface area contributed by atoms with E-state index in [1.54, 1.807) is 43.3 Å². The van der Waals surface area contributed by atoms with Gasteiger partial charge in [0.2, 0.25) is 0 Å². The van der Waals surface area contributed by atoms with E-state index in [9.17, 15) is 123 Å². The maximum absolute atomic E-state index is 12.9. The molecular formula is C102H102O24. The molecule has 0 radical (unpaired) electrons. The van der Waals surface area contributed by atoms with Gasteiger partial charge < -0.3 is 123 Å². The maximum atomic E-state index is 12.9. The van der Waals surface area contributed by atoms with Gasteiger partial charge >= 0.3 is 0 Å². The molecule has 24 nitrogen and oxygen atoms in total. The number of fused-ring (bicyclic) bond motifs is 18. The number of rotatable bonds is 8. The van der Waals surface area contributed by atoms with Crippen molar-refractivity contribution < 1.29 is 123 Å². The lowest BCUT2D eigenvalue weighted by molar-refractivity contribution is 0.416. The van der Waals surface area contributed by atoms with Crippen LogP contribution in [0.15, 0.2) is 152 Å². The largest absolute Gasteiger partial charge is 0.508 e. The number of aryl methyl sites for hydroxylation is 1. The van der Waals surface area contributed by atoms with Crippen molar-refractivity contribution in [1.82, 2.24) is 0 Å². The Hall–Kier alpha value is -14.2. The molecule has 0 saturated carbocycles. The van der Waals surface area contributed by atoms with Crippen molar-refractivity contribution >= 4 is 0 Å². The van der Waals surface area contributed by atoms with Gasteiger partial charge in [0, 0.05) is 250 Å². The van der Waals surface area contributed by atoms with Crippen LogP contribution >= 0.6 is 0 Å². The van der Waals surface area contributed by atoms with Crippen molar-refractivity contribution in [1.29, 1.82) is 0 Å². The van der Waals surface area contributed by atoms with E-state index in [4.69, 9.17) is 0 Å². The Morgan fingerprint density at radius 2 is 0.373 bits per heavy atom. The highest BCUT2D eigenvalue weighted by Gasteiger charge is 2.40. The van der Waals surface area contributed by atoms with Crippen molar-refractivity contribution in [3.63, 3.8) is 0 Å². The van der Waals surface area contributed by atoms with Crippen molar-refractivity contribution in [2.24, 2.45) is 0 Å². The molecule has 12 aromatic carbocycles. The van der Waals surface area contributed by atoms with Gasteiger partial charge in [-0.25, -0.2) is 0 Å². The normalized spacial score (nSPS) is 20.1. The molecule has 0 aliphatic heterocycles. The zero-order valence-corrected chi connectivity index (χ0v) is 69.5. The first kappa shape index (κ1) is 85.4. The quantitative estimate of drug-likeness (QED) is 0.0672. The molecular weight excluding hydrogens is 1610 g/mol. The summed E-state index contributed by atoms with van der Waals surface area (Å²) in [6, 6.07) is 33.4. The van der Waals surface area contributed by atoms with Gasteiger partial charge in [0.25, 0.3) is 0 Å². The van der Waals surface area contributed by atoms with Crippen molar-refractivity contribution in [2.75, 3.05) is 0 Å². The monoisotopic (exact) mass is 1710 g/mol. The molecule has 0 fully saturated rings. The molecule has 126 heavy (non-hydrogen) atoms. The Balaban J connectivity index is 0.956. The molecule has 0 spiro atoms. The molecule has 0 amide bonds. The fraction of sp³-hybridized carbons (Fsp3) is 0.294. The van der Waals surface area contributed by atoms with E-state index in [2.05, 4.69) is 0 Å². The third-order valence-electron chi connectivity index (χ3n) is 27.2. The van der Waals surface area contributed by atoms with E-state index < -0.39 is 157 Å². The molecule has 24 heteroatoms. The maximum Gasteiger partial charge on any atom is 0.123 e. The average Bonchev–Trinajstić information content (AvgIpc) is 0.745. The van der Waals surface area contributed by atoms with Crippen LogP contribution in [0.4, 0.5) is 0 Å². The molecule has 0 heterocycles. The van der Waals surface area contributed by atoms with Crippen LogP contribution in [0.5, 0.6) is 138 Å². The minimum atomic E-state index is -1.23. The SMILES string of the molecule is CCCC1c2cc(c(O)cc2O)C(c2cc(Cc3cc(C)c(O)cc3O)c(O)cc2O)CCCC2c3cc(c(O)cc3O)C(CCCC3c4cc(c(O)cc4O)C4CCCC(c5ccc(O)cc5O)c5cc(c(O)cc5O)C(CCC)c5cc(c(O)cc5O)C(CCCC(c5cc2c(O)cc5O)c2cc3c(O)cc2O)c2cc4c(O)cc2O)c2cc1c(O)cc2O. The van der Waals surface area contributed by atoms with Crippen LogP contribution in [-0.2, 0) is 6.42 Å². The molecule has 16 rings (SSSR count). The summed E-state index contributed by atoms with van der Waals surface area (Å²) in [6.07, 6.45) is 0.832. The first-order chi connectivity index (χ1) is 60.2. The number of hydrogen-bond donors (Lipinski definition) is 24. The smallest absolute Gasteiger partial charge is 0.123 e. The van der Waals surface area contributed by atoms with Gasteiger partial charge in [-0.2, -0.15) is 0 Å². The number of phenols is 24. The summed E-state index contributed by atoms with van der Waals surface area (Å²) in [5, 5.41) is 296. The van der Waals surface area contributed by atoms with Crippen molar-refractivity contribution in [3.05, 3.63) is 280 Å². The lowest BCUT2D eigenvalue weighted by Gasteiger charge is -2.31. The third kappa shape index (κ3) is 15.6. The van der Waals surface area contributed by atoms with Gasteiger partial charge in [0.15, 0.2) is 0 Å². The van der Waals surface area contributed by atoms with Crippen LogP contribution in [0.25, 0.3) is 0 Å². The molecule has 24 bridgehead atoms. The van der Waals surface area contributed by atoms with Gasteiger partial charge in [-0.3, -0.25) is 0 Å². The highest BCUT2D eigenvalue weighted by Crippen LogP contribution is 2.59. The summed E-state index contributed by atoms with van der Waals surface area (Å²) >= 11 is 0. The van der Waals surface area contributed by atoms with Crippen molar-refractivity contribution in [2.45, 2.75) is 189 Å². The third-order valence-corrected chi connectivity index (χ3v) is 27.2. The minimum Gasteiger partial charge on any atom is -0.508 e. The van der Waals surface area contributed by atoms with Crippen LogP contribution in [0.2, 0.25) is 0 Å². The number of hydrogen-bond acceptors (Lipinski definition) is 24. The molecule has 0 saturated heterocycles. The molecule has 4 aliphatic carbocycles. The lowest BCUT2D eigenvalue weighted by atomic mass is 9.74. The average molecular weight is 1710 g/mol. The highest BCUT2D eigenvalue weighted by molar-refractivity contribution is 5.68. The zero-order valence-electron chi connectivity index (χ0n) is 69.5. The Labute approximate surface area is 725 Å². The van der Waals surface area contributed by atoms with E-state index in [1.807, 2.05) is 13.8 Å². The van der Waals surface area contributed by atoms with Crippen LogP contribution in [0.1, 0.15) is 304 Å². The standard InChI is InChI=1S/C102H102O24/c1-4-10-50-62-26-66(89(113)37-85(62)109)52(60-21-20-49(103)25-83(60)107)12-6-14-54-70-30-72(95(119)41-93(70)117)55(68-28-64(50)87(111)39-91(68)115)16-8-19-59-77-33-75(98(122)44-100(77)124)57-15-7-13-53(61-24-48(82(106)36-84(61)108)23-47-22-46(3)80(104)35-81(47)105)67-27-63(86(110)38-90(67)114)51(11-5-2)65-29-69(92(116)40-88(65)112)56(73-32-74(57)97(121)43-96(73)120)17-9-18-58(76-31-71(54)94(118)42-99(76)123)78-34-79(59)102(126)45-101(78)125/h20-22,24-45,50-59,103-126H,4-19,23H2,1-3H3. The zero-order chi connectivity index (χ0) is 89.6. The summed E-state index contributed by atoms with van der Waals surface area (Å²) in [5.74, 6) is -21.4. The molecule has 10 atom stereocenters. The number of phenolic OH excluding ortho intramolecular Hbond substituents is 24. The van der Waals surface area contributed by atoms with Gasteiger partial charge in [-0.1, -0.05) is 58.4 Å². The fourth-order valence-electron chi connectivity index (χ4n) is 21.0. The second-order valence-electron chi connectivity index (χ2n) is 34.8. The molecule has 0 aromatic heterocycles. The van der Waals surface area contributed by atoms with E-state index in [-0.39, 0.29) is 253 Å². The molecule has 24 N–H and O–H groups in total. The fourth-order valence-corrected chi connectivity index (χ4v) is 21.0. The van der Waals surface area contributed by atoms with Crippen molar-refractivity contribution in [3.8, 4) is 138 Å². The second kappa shape index (κ2) is 33.8. The Kier molecular flexibility index (Phi) is 22.9. The Bertz CT molecular complexity index is 6280. The van der Waals surface area contributed by atoms with Gasteiger partial charge in [0.05, 0.1) is 0 Å². The first-order valence-electron chi connectivity index (χ1n) is 42.8. The van der Waals surface area contributed by atoms with E-state index in [1.165, 1.54) is 54.6 Å². The highest BCUT2D eigenvalue weighted by atomic mass is 16.3. The van der Waals surface area contributed by atoms with Crippen LogP contribution in [0, 0.1) is 6.92 Å². The summed E-state index contributed by atoms with van der Waals surface area (Å²) in [5.41, 5.74) is 3.27.